The molecule has 1 amide bonds. The number of nitriles is 1. The molecule has 0 fully saturated rings. The number of methoxy groups -OCH3 is 1. The molecule has 2 heterocycles. The second-order valence-corrected chi connectivity index (χ2v) is 6.22. The van der Waals surface area contributed by atoms with Crippen LogP contribution in [0.1, 0.15) is 17.0 Å². The molecule has 0 aliphatic rings. The quantitative estimate of drug-likeness (QED) is 0.541. The van der Waals surface area contributed by atoms with Crippen LogP contribution in [-0.2, 0) is 4.79 Å². The average molecular weight is 372 g/mol. The van der Waals surface area contributed by atoms with Crippen LogP contribution in [0.3, 0.4) is 0 Å². The number of nitrogens with one attached hydrogen (secondary N) is 1. The van der Waals surface area contributed by atoms with Gasteiger partial charge in [-0.3, -0.25) is 9.78 Å². The van der Waals surface area contributed by atoms with Gasteiger partial charge in [0.25, 0.3) is 5.91 Å². The van der Waals surface area contributed by atoms with E-state index in [-0.39, 0.29) is 5.57 Å². The highest BCUT2D eigenvalue weighted by Crippen LogP contribution is 2.24. The SMILES string of the molecule is COc1ccc(-n2c(C)cc(C=C(C#N)C(=O)Nc3ccncc3)c2C)cc1. The van der Waals surface area contributed by atoms with Gasteiger partial charge in [0.1, 0.15) is 17.4 Å². The molecule has 6 heteroatoms. The van der Waals surface area contributed by atoms with Crippen LogP contribution >= 0.6 is 0 Å². The summed E-state index contributed by atoms with van der Waals surface area (Å²) in [5.41, 5.74) is 4.36. The van der Waals surface area contributed by atoms with Crippen LogP contribution in [0.25, 0.3) is 11.8 Å². The van der Waals surface area contributed by atoms with Crippen LogP contribution < -0.4 is 10.1 Å². The number of hydrogen-bond acceptors (Lipinski definition) is 4. The maximum Gasteiger partial charge on any atom is 0.266 e. The second kappa shape index (κ2) is 8.23. The van der Waals surface area contributed by atoms with E-state index in [1.54, 1.807) is 37.7 Å². The first-order chi connectivity index (χ1) is 13.5. The Morgan fingerprint density at radius 1 is 1.18 bits per heavy atom. The van der Waals surface area contributed by atoms with Gasteiger partial charge >= 0.3 is 0 Å². The summed E-state index contributed by atoms with van der Waals surface area (Å²) in [6.45, 7) is 3.94. The standard InChI is InChI=1S/C22H20N4O2/c1-15-12-17(16(2)26(15)20-4-6-21(28-3)7-5-20)13-18(14-23)22(27)25-19-8-10-24-11-9-19/h4-13H,1-3H3,(H,24,25,27). The third-order valence-electron chi connectivity index (χ3n) is 4.40. The monoisotopic (exact) mass is 372 g/mol. The molecule has 3 aromatic rings. The lowest BCUT2D eigenvalue weighted by Gasteiger charge is -2.10. The minimum atomic E-state index is -0.456. The fraction of sp³-hybridized carbons (Fsp3) is 0.136. The average Bonchev–Trinajstić information content (AvgIpc) is 3.00. The molecular weight excluding hydrogens is 352 g/mol. The van der Waals surface area contributed by atoms with Gasteiger partial charge in [0.15, 0.2) is 0 Å². The fourth-order valence-corrected chi connectivity index (χ4v) is 3.00. The van der Waals surface area contributed by atoms with Crippen molar-refractivity contribution in [3.63, 3.8) is 0 Å². The molecule has 0 saturated heterocycles. The Morgan fingerprint density at radius 2 is 1.86 bits per heavy atom. The molecule has 0 aliphatic carbocycles. The molecule has 0 bridgehead atoms. The summed E-state index contributed by atoms with van der Waals surface area (Å²) in [7, 11) is 1.63. The maximum atomic E-state index is 12.4. The number of aromatic nitrogens is 2. The Bertz CT molecular complexity index is 1060. The van der Waals surface area contributed by atoms with E-state index in [1.165, 1.54) is 0 Å². The predicted molar refractivity (Wildman–Crippen MR) is 108 cm³/mol. The van der Waals surface area contributed by atoms with E-state index in [9.17, 15) is 10.1 Å². The van der Waals surface area contributed by atoms with Crippen molar-refractivity contribution < 1.29 is 9.53 Å². The molecule has 6 nitrogen and oxygen atoms in total. The van der Waals surface area contributed by atoms with E-state index in [4.69, 9.17) is 4.74 Å². The zero-order chi connectivity index (χ0) is 20.1. The largest absolute Gasteiger partial charge is 0.497 e. The lowest BCUT2D eigenvalue weighted by atomic mass is 10.1. The van der Waals surface area contributed by atoms with E-state index in [0.717, 1.165) is 28.4 Å². The van der Waals surface area contributed by atoms with Crippen molar-refractivity contribution in [1.29, 1.82) is 5.26 Å². The molecule has 3 rings (SSSR count). The van der Waals surface area contributed by atoms with Gasteiger partial charge in [-0.25, -0.2) is 0 Å². The number of benzene rings is 1. The van der Waals surface area contributed by atoms with Crippen molar-refractivity contribution >= 4 is 17.7 Å². The Balaban J connectivity index is 1.92. The number of aryl methyl sites for hydroxylation is 1. The van der Waals surface area contributed by atoms with E-state index < -0.39 is 5.91 Å². The summed E-state index contributed by atoms with van der Waals surface area (Å²) >= 11 is 0. The first-order valence-electron chi connectivity index (χ1n) is 8.70. The number of rotatable bonds is 5. The maximum absolute atomic E-state index is 12.4. The highest BCUT2D eigenvalue weighted by molar-refractivity contribution is 6.09. The highest BCUT2D eigenvalue weighted by atomic mass is 16.5. The highest BCUT2D eigenvalue weighted by Gasteiger charge is 2.14. The van der Waals surface area contributed by atoms with Gasteiger partial charge in [0.05, 0.1) is 7.11 Å². The predicted octanol–water partition coefficient (Wildman–Crippen LogP) is 4.04. The summed E-state index contributed by atoms with van der Waals surface area (Å²) < 4.78 is 7.28. The number of carbonyl (C=O) groups excluding carboxylic acids is 1. The first kappa shape index (κ1) is 18.9. The number of anilines is 1. The Labute approximate surface area is 163 Å². The zero-order valence-corrected chi connectivity index (χ0v) is 15.9. The van der Waals surface area contributed by atoms with Crippen LogP contribution in [-0.4, -0.2) is 22.6 Å². The molecule has 1 aromatic carbocycles. The topological polar surface area (TPSA) is 79.9 Å². The van der Waals surface area contributed by atoms with Gasteiger partial charge < -0.3 is 14.6 Å². The van der Waals surface area contributed by atoms with Crippen molar-refractivity contribution in [3.8, 4) is 17.5 Å². The van der Waals surface area contributed by atoms with Gasteiger partial charge in [0.2, 0.25) is 0 Å². The minimum Gasteiger partial charge on any atom is -0.497 e. The van der Waals surface area contributed by atoms with E-state index in [2.05, 4.69) is 14.9 Å². The van der Waals surface area contributed by atoms with E-state index in [0.29, 0.717) is 5.69 Å². The summed E-state index contributed by atoms with van der Waals surface area (Å²) in [4.78, 5) is 16.4. The van der Waals surface area contributed by atoms with Crippen molar-refractivity contribution in [3.05, 3.63) is 77.4 Å². The van der Waals surface area contributed by atoms with Crippen LogP contribution in [0.4, 0.5) is 5.69 Å². The molecule has 28 heavy (non-hydrogen) atoms. The molecule has 0 aliphatic heterocycles. The number of carbonyl (C=O) groups is 1. The minimum absolute atomic E-state index is 0.0341. The summed E-state index contributed by atoms with van der Waals surface area (Å²) in [6, 6.07) is 15.0. The first-order valence-corrected chi connectivity index (χ1v) is 8.70. The van der Waals surface area contributed by atoms with Gasteiger partial charge in [-0.2, -0.15) is 5.26 Å². The van der Waals surface area contributed by atoms with Gasteiger partial charge in [-0.1, -0.05) is 0 Å². The molecule has 0 spiro atoms. The van der Waals surface area contributed by atoms with Gasteiger partial charge in [0, 0.05) is 35.2 Å². The van der Waals surface area contributed by atoms with Gasteiger partial charge in [-0.15, -0.1) is 0 Å². The van der Waals surface area contributed by atoms with Crippen LogP contribution in [0, 0.1) is 25.2 Å². The number of nitrogens with zero attached hydrogens (tertiary/aromatic N) is 3. The van der Waals surface area contributed by atoms with Gasteiger partial charge in [-0.05, 0) is 68.0 Å². The van der Waals surface area contributed by atoms with Crippen LogP contribution in [0.15, 0.2) is 60.4 Å². The lowest BCUT2D eigenvalue weighted by Crippen LogP contribution is -2.13. The molecule has 0 saturated carbocycles. The second-order valence-electron chi connectivity index (χ2n) is 6.22. The third kappa shape index (κ3) is 3.94. The lowest BCUT2D eigenvalue weighted by molar-refractivity contribution is -0.112. The van der Waals surface area contributed by atoms with E-state index in [1.807, 2.05) is 50.2 Å². The number of hydrogen-bond donors (Lipinski definition) is 1. The van der Waals surface area contributed by atoms with Crippen molar-refractivity contribution in [2.24, 2.45) is 0 Å². The Hall–Kier alpha value is -3.85. The van der Waals surface area contributed by atoms with Crippen LogP contribution in [0.2, 0.25) is 0 Å². The molecule has 1 N–H and O–H groups in total. The number of ether oxygens (including phenoxy) is 1. The molecule has 0 unspecified atom stereocenters. The number of pyridine rings is 1. The summed E-state index contributed by atoms with van der Waals surface area (Å²) in [5.74, 6) is 0.328. The fourth-order valence-electron chi connectivity index (χ4n) is 3.00. The van der Waals surface area contributed by atoms with Crippen molar-refractivity contribution in [1.82, 2.24) is 9.55 Å². The zero-order valence-electron chi connectivity index (χ0n) is 15.9. The summed E-state index contributed by atoms with van der Waals surface area (Å²) in [6.07, 6.45) is 4.76. The molecule has 0 radical (unpaired) electrons. The van der Waals surface area contributed by atoms with E-state index >= 15 is 0 Å². The molecular formula is C22H20N4O2. The molecule has 140 valence electrons. The summed E-state index contributed by atoms with van der Waals surface area (Å²) in [5, 5.41) is 12.2. The Kier molecular flexibility index (Phi) is 5.56. The Morgan fingerprint density at radius 3 is 2.46 bits per heavy atom. The normalized spacial score (nSPS) is 11.0. The van der Waals surface area contributed by atoms with Crippen LogP contribution in [0.5, 0.6) is 5.75 Å². The third-order valence-corrected chi connectivity index (χ3v) is 4.40. The molecule has 2 aromatic heterocycles. The van der Waals surface area contributed by atoms with Crippen molar-refractivity contribution in [2.75, 3.05) is 12.4 Å². The smallest absolute Gasteiger partial charge is 0.266 e. The number of amides is 1. The van der Waals surface area contributed by atoms with Crippen molar-refractivity contribution in [2.45, 2.75) is 13.8 Å². The molecule has 0 atom stereocenters.